The van der Waals surface area contributed by atoms with Crippen LogP contribution in [0, 0.1) is 13.8 Å². The van der Waals surface area contributed by atoms with Crippen molar-refractivity contribution in [2.45, 2.75) is 20.8 Å². The number of nitrogens with zero attached hydrogens (tertiary/aromatic N) is 3. The standard InChI is InChI=1S/C11H17N3O2/c1-5-16-11(15)7-14(4)10-6-8(2)12-9(3)13-10/h6H,5,7H2,1-4H3. The molecule has 0 amide bonds. The summed E-state index contributed by atoms with van der Waals surface area (Å²) in [5, 5.41) is 0. The second-order valence-electron chi connectivity index (χ2n) is 3.58. The highest BCUT2D eigenvalue weighted by atomic mass is 16.5. The molecule has 0 aromatic carbocycles. The van der Waals surface area contributed by atoms with Crippen LogP contribution in [0.3, 0.4) is 0 Å². The normalized spacial score (nSPS) is 10.0. The molecule has 1 aromatic rings. The Balaban J connectivity index is 2.72. The number of hydrogen-bond donors (Lipinski definition) is 0. The van der Waals surface area contributed by atoms with Gasteiger partial charge in [-0.05, 0) is 20.8 Å². The second kappa shape index (κ2) is 5.44. The molecule has 5 heteroatoms. The third-order valence-electron chi connectivity index (χ3n) is 2.02. The Bertz CT molecular complexity index is 359. The van der Waals surface area contributed by atoms with Crippen LogP contribution >= 0.6 is 0 Å². The lowest BCUT2D eigenvalue weighted by Gasteiger charge is -2.17. The van der Waals surface area contributed by atoms with E-state index in [2.05, 4.69) is 9.97 Å². The lowest BCUT2D eigenvalue weighted by molar-refractivity contribution is -0.141. The minimum absolute atomic E-state index is 0.198. The molecule has 0 atom stereocenters. The molecule has 0 unspecified atom stereocenters. The van der Waals surface area contributed by atoms with E-state index in [9.17, 15) is 4.79 Å². The highest BCUT2D eigenvalue weighted by molar-refractivity contribution is 5.75. The van der Waals surface area contributed by atoms with E-state index in [1.807, 2.05) is 19.9 Å². The Kier molecular flexibility index (Phi) is 4.22. The van der Waals surface area contributed by atoms with Crippen LogP contribution in [0.4, 0.5) is 5.82 Å². The molecule has 16 heavy (non-hydrogen) atoms. The summed E-state index contributed by atoms with van der Waals surface area (Å²) in [6.07, 6.45) is 0. The lowest BCUT2D eigenvalue weighted by atomic mass is 10.4. The molecule has 0 radical (unpaired) electrons. The highest BCUT2D eigenvalue weighted by Crippen LogP contribution is 2.10. The third-order valence-corrected chi connectivity index (χ3v) is 2.02. The molecule has 0 saturated carbocycles. The lowest BCUT2D eigenvalue weighted by Crippen LogP contribution is -2.28. The van der Waals surface area contributed by atoms with Gasteiger partial charge in [-0.2, -0.15) is 0 Å². The quantitative estimate of drug-likeness (QED) is 0.715. The number of ether oxygens (including phenoxy) is 1. The molecule has 0 aliphatic carbocycles. The second-order valence-corrected chi connectivity index (χ2v) is 3.58. The van der Waals surface area contributed by atoms with Crippen molar-refractivity contribution in [3.63, 3.8) is 0 Å². The first-order valence-electron chi connectivity index (χ1n) is 5.22. The highest BCUT2D eigenvalue weighted by Gasteiger charge is 2.10. The molecule has 88 valence electrons. The number of rotatable bonds is 4. The number of aromatic nitrogens is 2. The monoisotopic (exact) mass is 223 g/mol. The van der Waals surface area contributed by atoms with Crippen molar-refractivity contribution in [2.75, 3.05) is 25.1 Å². The van der Waals surface area contributed by atoms with Gasteiger partial charge in [-0.25, -0.2) is 9.97 Å². The Morgan fingerprint density at radius 2 is 2.12 bits per heavy atom. The van der Waals surface area contributed by atoms with Crippen molar-refractivity contribution in [3.05, 3.63) is 17.6 Å². The predicted molar refractivity (Wildman–Crippen MR) is 61.4 cm³/mol. The van der Waals surface area contributed by atoms with E-state index in [1.165, 1.54) is 0 Å². The number of esters is 1. The predicted octanol–water partition coefficient (Wildman–Crippen LogP) is 1.09. The van der Waals surface area contributed by atoms with E-state index < -0.39 is 0 Å². The average molecular weight is 223 g/mol. The van der Waals surface area contributed by atoms with Crippen molar-refractivity contribution < 1.29 is 9.53 Å². The van der Waals surface area contributed by atoms with Gasteiger partial charge in [-0.1, -0.05) is 0 Å². The fraction of sp³-hybridized carbons (Fsp3) is 0.545. The van der Waals surface area contributed by atoms with Gasteiger partial charge in [0.1, 0.15) is 18.2 Å². The van der Waals surface area contributed by atoms with Crippen LogP contribution in [0.5, 0.6) is 0 Å². The largest absolute Gasteiger partial charge is 0.465 e. The molecule has 1 rings (SSSR count). The van der Waals surface area contributed by atoms with Crippen LogP contribution in [0.25, 0.3) is 0 Å². The summed E-state index contributed by atoms with van der Waals surface area (Å²) in [5.74, 6) is 1.18. The molecule has 0 spiro atoms. The zero-order chi connectivity index (χ0) is 12.1. The molecule has 0 saturated heterocycles. The van der Waals surface area contributed by atoms with E-state index in [0.29, 0.717) is 12.4 Å². The molecule has 0 fully saturated rings. The van der Waals surface area contributed by atoms with Crippen molar-refractivity contribution in [1.29, 1.82) is 0 Å². The number of aryl methyl sites for hydroxylation is 2. The van der Waals surface area contributed by atoms with Gasteiger partial charge in [-0.15, -0.1) is 0 Å². The maximum atomic E-state index is 11.3. The van der Waals surface area contributed by atoms with E-state index in [-0.39, 0.29) is 12.5 Å². The number of carbonyl (C=O) groups is 1. The summed E-state index contributed by atoms with van der Waals surface area (Å²) >= 11 is 0. The summed E-state index contributed by atoms with van der Waals surface area (Å²) in [7, 11) is 1.80. The molecule has 5 nitrogen and oxygen atoms in total. The van der Waals surface area contributed by atoms with Gasteiger partial charge in [0.15, 0.2) is 0 Å². The SMILES string of the molecule is CCOC(=O)CN(C)c1cc(C)nc(C)n1. The Morgan fingerprint density at radius 3 is 2.69 bits per heavy atom. The van der Waals surface area contributed by atoms with Gasteiger partial charge < -0.3 is 9.64 Å². The van der Waals surface area contributed by atoms with Crippen molar-refractivity contribution >= 4 is 11.8 Å². The fourth-order valence-corrected chi connectivity index (χ4v) is 1.37. The van der Waals surface area contributed by atoms with Crippen LogP contribution in [-0.2, 0) is 9.53 Å². The van der Waals surface area contributed by atoms with E-state index in [1.54, 1.807) is 18.9 Å². The van der Waals surface area contributed by atoms with E-state index in [0.717, 1.165) is 11.5 Å². The molecule has 0 aliphatic rings. The Hall–Kier alpha value is -1.65. The fourth-order valence-electron chi connectivity index (χ4n) is 1.37. The summed E-state index contributed by atoms with van der Waals surface area (Å²) in [6.45, 7) is 6.11. The molecule has 0 bridgehead atoms. The first-order chi connectivity index (χ1) is 7.52. The van der Waals surface area contributed by atoms with Gasteiger partial charge in [0.2, 0.25) is 0 Å². The maximum Gasteiger partial charge on any atom is 0.325 e. The van der Waals surface area contributed by atoms with Gasteiger partial charge >= 0.3 is 5.97 Å². The molecule has 1 heterocycles. The Labute approximate surface area is 95.5 Å². The summed E-state index contributed by atoms with van der Waals surface area (Å²) < 4.78 is 4.87. The zero-order valence-electron chi connectivity index (χ0n) is 10.1. The first kappa shape index (κ1) is 12.4. The summed E-state index contributed by atoms with van der Waals surface area (Å²) in [6, 6.07) is 1.84. The molecule has 0 N–H and O–H groups in total. The topological polar surface area (TPSA) is 55.3 Å². The first-order valence-corrected chi connectivity index (χ1v) is 5.22. The number of anilines is 1. The number of likely N-dealkylation sites (N-methyl/N-ethyl adjacent to an activating group) is 1. The van der Waals surface area contributed by atoms with Gasteiger partial charge in [0.05, 0.1) is 6.61 Å². The third kappa shape index (κ3) is 3.49. The van der Waals surface area contributed by atoms with Gasteiger partial charge in [-0.3, -0.25) is 4.79 Å². The van der Waals surface area contributed by atoms with E-state index in [4.69, 9.17) is 4.74 Å². The van der Waals surface area contributed by atoms with Crippen molar-refractivity contribution in [3.8, 4) is 0 Å². The maximum absolute atomic E-state index is 11.3. The molecule has 0 aliphatic heterocycles. The van der Waals surface area contributed by atoms with Crippen LogP contribution in [-0.4, -0.2) is 36.1 Å². The minimum Gasteiger partial charge on any atom is -0.465 e. The number of carbonyl (C=O) groups excluding carboxylic acids is 1. The Morgan fingerprint density at radius 1 is 1.44 bits per heavy atom. The number of hydrogen-bond acceptors (Lipinski definition) is 5. The molecular weight excluding hydrogens is 206 g/mol. The van der Waals surface area contributed by atoms with Crippen LogP contribution in [0.1, 0.15) is 18.4 Å². The van der Waals surface area contributed by atoms with E-state index >= 15 is 0 Å². The van der Waals surface area contributed by atoms with Gasteiger partial charge in [0, 0.05) is 18.8 Å². The minimum atomic E-state index is -0.251. The zero-order valence-corrected chi connectivity index (χ0v) is 10.1. The van der Waals surface area contributed by atoms with Crippen LogP contribution in [0.2, 0.25) is 0 Å². The molecular formula is C11H17N3O2. The summed E-state index contributed by atoms with van der Waals surface area (Å²) in [5.41, 5.74) is 0.887. The van der Waals surface area contributed by atoms with Crippen LogP contribution < -0.4 is 4.90 Å². The van der Waals surface area contributed by atoms with Crippen molar-refractivity contribution in [1.82, 2.24) is 9.97 Å². The molecule has 1 aromatic heterocycles. The summed E-state index contributed by atoms with van der Waals surface area (Å²) in [4.78, 5) is 21.5. The van der Waals surface area contributed by atoms with Crippen molar-refractivity contribution in [2.24, 2.45) is 0 Å². The average Bonchev–Trinajstić information content (AvgIpc) is 2.16. The smallest absolute Gasteiger partial charge is 0.325 e. The van der Waals surface area contributed by atoms with Gasteiger partial charge in [0.25, 0.3) is 0 Å². The van der Waals surface area contributed by atoms with Crippen LogP contribution in [0.15, 0.2) is 6.07 Å².